The number of hydrogen-bond donors (Lipinski definition) is 1. The SMILES string of the molecule is CCOc1ccc(Br)cc1/C=N\NC(=O)COc1ccc([C@@H](C)CC)cc1. The largest absolute Gasteiger partial charge is 0.493 e. The van der Waals surface area contributed by atoms with E-state index in [-0.39, 0.29) is 12.5 Å². The van der Waals surface area contributed by atoms with Gasteiger partial charge in [0.15, 0.2) is 6.61 Å². The van der Waals surface area contributed by atoms with Gasteiger partial charge in [0.1, 0.15) is 11.5 Å². The number of nitrogens with zero attached hydrogens (tertiary/aromatic N) is 1. The first-order chi connectivity index (χ1) is 13.0. The molecule has 2 rings (SSSR count). The Morgan fingerprint density at radius 2 is 1.93 bits per heavy atom. The van der Waals surface area contributed by atoms with Crippen molar-refractivity contribution in [1.29, 1.82) is 0 Å². The molecule has 0 saturated carbocycles. The quantitative estimate of drug-likeness (QED) is 0.453. The minimum absolute atomic E-state index is 0.100. The van der Waals surface area contributed by atoms with Gasteiger partial charge in [-0.15, -0.1) is 0 Å². The van der Waals surface area contributed by atoms with Crippen molar-refractivity contribution in [3.05, 3.63) is 58.1 Å². The Morgan fingerprint density at radius 1 is 1.19 bits per heavy atom. The van der Waals surface area contributed by atoms with Crippen LogP contribution < -0.4 is 14.9 Å². The number of rotatable bonds is 9. The van der Waals surface area contributed by atoms with Crippen LogP contribution in [0, 0.1) is 0 Å². The van der Waals surface area contributed by atoms with Crippen LogP contribution in [-0.2, 0) is 4.79 Å². The number of hydrazone groups is 1. The van der Waals surface area contributed by atoms with Crippen molar-refractivity contribution >= 4 is 28.1 Å². The summed E-state index contributed by atoms with van der Waals surface area (Å²) in [7, 11) is 0. The van der Waals surface area contributed by atoms with E-state index in [1.807, 2.05) is 49.4 Å². The summed E-state index contributed by atoms with van der Waals surface area (Å²) < 4.78 is 11.9. The van der Waals surface area contributed by atoms with E-state index in [4.69, 9.17) is 9.47 Å². The average molecular weight is 433 g/mol. The highest BCUT2D eigenvalue weighted by Crippen LogP contribution is 2.22. The molecule has 0 aliphatic rings. The van der Waals surface area contributed by atoms with E-state index in [2.05, 4.69) is 40.3 Å². The second-order valence-corrected chi connectivity index (χ2v) is 6.99. The maximum absolute atomic E-state index is 11.9. The monoisotopic (exact) mass is 432 g/mol. The highest BCUT2D eigenvalue weighted by molar-refractivity contribution is 9.10. The summed E-state index contributed by atoms with van der Waals surface area (Å²) in [6.07, 6.45) is 2.64. The third kappa shape index (κ3) is 6.71. The van der Waals surface area contributed by atoms with E-state index in [0.717, 1.165) is 16.5 Å². The molecule has 0 bridgehead atoms. The van der Waals surface area contributed by atoms with E-state index in [1.54, 1.807) is 6.21 Å². The van der Waals surface area contributed by atoms with Gasteiger partial charge in [0.05, 0.1) is 12.8 Å². The molecule has 0 unspecified atom stereocenters. The lowest BCUT2D eigenvalue weighted by Gasteiger charge is -2.10. The Balaban J connectivity index is 1.86. The molecule has 0 aromatic heterocycles. The second-order valence-electron chi connectivity index (χ2n) is 6.08. The van der Waals surface area contributed by atoms with Crippen molar-refractivity contribution in [3.8, 4) is 11.5 Å². The zero-order valence-electron chi connectivity index (χ0n) is 15.9. The van der Waals surface area contributed by atoms with Crippen LogP contribution in [0.5, 0.6) is 11.5 Å². The number of amides is 1. The summed E-state index contributed by atoms with van der Waals surface area (Å²) in [5.41, 5.74) is 4.50. The first-order valence-corrected chi connectivity index (χ1v) is 9.79. The number of ether oxygens (including phenoxy) is 2. The van der Waals surface area contributed by atoms with E-state index in [1.165, 1.54) is 5.56 Å². The molecule has 0 heterocycles. The van der Waals surface area contributed by atoms with Crippen LogP contribution in [0.3, 0.4) is 0 Å². The Hall–Kier alpha value is -2.34. The Kier molecular flexibility index (Phi) is 8.33. The molecule has 27 heavy (non-hydrogen) atoms. The zero-order chi connectivity index (χ0) is 19.6. The van der Waals surface area contributed by atoms with E-state index < -0.39 is 0 Å². The van der Waals surface area contributed by atoms with E-state index in [9.17, 15) is 4.79 Å². The first-order valence-electron chi connectivity index (χ1n) is 9.00. The fourth-order valence-corrected chi connectivity index (χ4v) is 2.77. The minimum atomic E-state index is -0.329. The number of nitrogens with one attached hydrogen (secondary N) is 1. The normalized spacial score (nSPS) is 12.0. The molecule has 144 valence electrons. The number of carbonyl (C=O) groups is 1. The van der Waals surface area contributed by atoms with Crippen molar-refractivity contribution in [1.82, 2.24) is 5.43 Å². The van der Waals surface area contributed by atoms with Crippen molar-refractivity contribution in [2.45, 2.75) is 33.1 Å². The molecular formula is C21H25BrN2O3. The minimum Gasteiger partial charge on any atom is -0.493 e. The van der Waals surface area contributed by atoms with E-state index in [0.29, 0.717) is 24.0 Å². The van der Waals surface area contributed by atoms with Gasteiger partial charge in [-0.25, -0.2) is 5.43 Å². The third-order valence-electron chi connectivity index (χ3n) is 4.10. The van der Waals surface area contributed by atoms with Crippen LogP contribution in [0.1, 0.15) is 44.2 Å². The standard InChI is InChI=1S/C21H25BrN2O3/c1-4-15(3)16-6-9-19(10-7-16)27-14-21(25)24-23-13-17-12-18(22)8-11-20(17)26-5-2/h6-13,15H,4-5,14H2,1-3H3,(H,24,25)/b23-13-/t15-/m0/s1. The number of benzene rings is 2. The van der Waals surface area contributed by atoms with Crippen molar-refractivity contribution < 1.29 is 14.3 Å². The van der Waals surface area contributed by atoms with Crippen LogP contribution in [-0.4, -0.2) is 25.3 Å². The van der Waals surface area contributed by atoms with Gasteiger partial charge in [-0.05, 0) is 55.2 Å². The molecule has 0 aliphatic carbocycles. The fourth-order valence-electron chi connectivity index (χ4n) is 2.39. The predicted molar refractivity (Wildman–Crippen MR) is 112 cm³/mol. The molecule has 0 saturated heterocycles. The highest BCUT2D eigenvalue weighted by atomic mass is 79.9. The molecule has 6 heteroatoms. The van der Waals surface area contributed by atoms with Crippen LogP contribution >= 0.6 is 15.9 Å². The van der Waals surface area contributed by atoms with Gasteiger partial charge in [0, 0.05) is 10.0 Å². The number of hydrogen-bond acceptors (Lipinski definition) is 4. The van der Waals surface area contributed by atoms with Crippen LogP contribution in [0.15, 0.2) is 52.0 Å². The maximum atomic E-state index is 11.9. The lowest BCUT2D eigenvalue weighted by atomic mass is 9.99. The molecule has 1 N–H and O–H groups in total. The zero-order valence-corrected chi connectivity index (χ0v) is 17.5. The topological polar surface area (TPSA) is 59.9 Å². The maximum Gasteiger partial charge on any atom is 0.277 e. The Bertz CT molecular complexity index is 775. The number of carbonyl (C=O) groups excluding carboxylic acids is 1. The van der Waals surface area contributed by atoms with Gasteiger partial charge in [-0.2, -0.15) is 5.10 Å². The Morgan fingerprint density at radius 3 is 2.59 bits per heavy atom. The summed E-state index contributed by atoms with van der Waals surface area (Å²) in [6.45, 7) is 6.71. The molecule has 1 amide bonds. The number of halogens is 1. The third-order valence-corrected chi connectivity index (χ3v) is 4.59. The van der Waals surface area contributed by atoms with Crippen molar-refractivity contribution in [2.75, 3.05) is 13.2 Å². The molecule has 2 aromatic carbocycles. The highest BCUT2D eigenvalue weighted by Gasteiger charge is 2.05. The summed E-state index contributed by atoms with van der Waals surface area (Å²) in [6, 6.07) is 13.4. The smallest absolute Gasteiger partial charge is 0.277 e. The molecule has 0 radical (unpaired) electrons. The van der Waals surface area contributed by atoms with Crippen LogP contribution in [0.2, 0.25) is 0 Å². The fraction of sp³-hybridized carbons (Fsp3) is 0.333. The molecule has 0 fully saturated rings. The van der Waals surface area contributed by atoms with Gasteiger partial charge in [0.25, 0.3) is 5.91 Å². The predicted octanol–water partition coefficient (Wildman–Crippen LogP) is 4.89. The summed E-state index contributed by atoms with van der Waals surface area (Å²) >= 11 is 3.41. The van der Waals surface area contributed by atoms with Crippen LogP contribution in [0.4, 0.5) is 0 Å². The molecule has 1 atom stereocenters. The second kappa shape index (κ2) is 10.7. The summed E-state index contributed by atoms with van der Waals surface area (Å²) in [5, 5.41) is 3.98. The molecule has 0 aliphatic heterocycles. The molecule has 0 spiro atoms. The lowest BCUT2D eigenvalue weighted by molar-refractivity contribution is -0.123. The molecule has 5 nitrogen and oxygen atoms in total. The van der Waals surface area contributed by atoms with Crippen molar-refractivity contribution in [3.63, 3.8) is 0 Å². The van der Waals surface area contributed by atoms with Gasteiger partial charge < -0.3 is 9.47 Å². The van der Waals surface area contributed by atoms with E-state index >= 15 is 0 Å². The Labute approximate surface area is 168 Å². The van der Waals surface area contributed by atoms with Crippen LogP contribution in [0.25, 0.3) is 0 Å². The van der Waals surface area contributed by atoms with Gasteiger partial charge in [-0.3, -0.25) is 4.79 Å². The first kappa shape index (κ1) is 21.0. The lowest BCUT2D eigenvalue weighted by Crippen LogP contribution is -2.24. The summed E-state index contributed by atoms with van der Waals surface area (Å²) in [4.78, 5) is 11.9. The van der Waals surface area contributed by atoms with Gasteiger partial charge in [-0.1, -0.05) is 41.9 Å². The summed E-state index contributed by atoms with van der Waals surface area (Å²) in [5.74, 6) is 1.55. The average Bonchev–Trinajstić information content (AvgIpc) is 2.68. The molecule has 2 aromatic rings. The molecular weight excluding hydrogens is 408 g/mol. The van der Waals surface area contributed by atoms with Gasteiger partial charge in [0.2, 0.25) is 0 Å². The van der Waals surface area contributed by atoms with Gasteiger partial charge >= 0.3 is 0 Å². The van der Waals surface area contributed by atoms with Crippen molar-refractivity contribution in [2.24, 2.45) is 5.10 Å².